The fourth-order valence-electron chi connectivity index (χ4n) is 2.58. The van der Waals surface area contributed by atoms with Gasteiger partial charge in [0.05, 0.1) is 25.2 Å². The van der Waals surface area contributed by atoms with Gasteiger partial charge in [0.15, 0.2) is 0 Å². The van der Waals surface area contributed by atoms with Crippen LogP contribution in [0.3, 0.4) is 0 Å². The average Bonchev–Trinajstić information content (AvgIpc) is 3.14. The molecule has 0 bridgehead atoms. The smallest absolute Gasteiger partial charge is 0.231 e. The minimum atomic E-state index is -0.368. The standard InChI is InChI=1S/C15H24N4O4S/c1-4-23-6-5-12-17-18-15(24-12)16-14(21)11-7-13(20)19(8-11)10(2)9-22-3/h10-11H,4-9H2,1-3H3,(H,16,18,21)/t10-,11-/m1/s1. The molecule has 1 saturated heterocycles. The van der Waals surface area contributed by atoms with Gasteiger partial charge in [-0.1, -0.05) is 11.3 Å². The van der Waals surface area contributed by atoms with Crippen LogP contribution in [0.1, 0.15) is 25.3 Å². The second kappa shape index (κ2) is 9.05. The number of likely N-dealkylation sites (tertiary alicyclic amines) is 1. The Hall–Kier alpha value is -1.58. The molecule has 0 saturated carbocycles. The van der Waals surface area contributed by atoms with Crippen LogP contribution in [0.4, 0.5) is 5.13 Å². The van der Waals surface area contributed by atoms with E-state index in [1.54, 1.807) is 12.0 Å². The molecular formula is C15H24N4O4S. The average molecular weight is 356 g/mol. The van der Waals surface area contributed by atoms with Crippen LogP contribution in [0.2, 0.25) is 0 Å². The van der Waals surface area contributed by atoms with Crippen molar-refractivity contribution in [2.45, 2.75) is 32.7 Å². The summed E-state index contributed by atoms with van der Waals surface area (Å²) in [6.45, 7) is 5.96. The first-order chi connectivity index (χ1) is 11.5. The third-order valence-electron chi connectivity index (χ3n) is 3.83. The maximum absolute atomic E-state index is 12.3. The van der Waals surface area contributed by atoms with Crippen molar-refractivity contribution in [3.63, 3.8) is 0 Å². The van der Waals surface area contributed by atoms with Gasteiger partial charge in [-0.15, -0.1) is 10.2 Å². The van der Waals surface area contributed by atoms with E-state index in [2.05, 4.69) is 15.5 Å². The Morgan fingerprint density at radius 3 is 3.00 bits per heavy atom. The second-order valence-corrected chi connectivity index (χ2v) is 6.75. The van der Waals surface area contributed by atoms with E-state index in [1.807, 2.05) is 13.8 Å². The van der Waals surface area contributed by atoms with Gasteiger partial charge in [0.2, 0.25) is 16.9 Å². The van der Waals surface area contributed by atoms with Crippen LogP contribution in [-0.4, -0.2) is 66.4 Å². The molecule has 9 heteroatoms. The van der Waals surface area contributed by atoms with E-state index in [0.29, 0.717) is 37.9 Å². The monoisotopic (exact) mass is 356 g/mol. The summed E-state index contributed by atoms with van der Waals surface area (Å²) in [6.07, 6.45) is 0.890. The molecule has 0 spiro atoms. The first kappa shape index (κ1) is 18.8. The number of rotatable bonds is 9. The van der Waals surface area contributed by atoms with Crippen LogP contribution in [0.15, 0.2) is 0 Å². The number of hydrogen-bond acceptors (Lipinski definition) is 7. The topological polar surface area (TPSA) is 93.7 Å². The van der Waals surface area contributed by atoms with Crippen LogP contribution < -0.4 is 5.32 Å². The summed E-state index contributed by atoms with van der Waals surface area (Å²) in [5.74, 6) is -0.579. The molecule has 0 aromatic carbocycles. The number of ether oxygens (including phenoxy) is 2. The van der Waals surface area contributed by atoms with Crippen LogP contribution in [0, 0.1) is 5.92 Å². The highest BCUT2D eigenvalue weighted by Crippen LogP contribution is 2.23. The number of amides is 2. The maximum Gasteiger partial charge on any atom is 0.231 e. The molecule has 2 amide bonds. The highest BCUT2D eigenvalue weighted by atomic mass is 32.1. The summed E-state index contributed by atoms with van der Waals surface area (Å²) in [7, 11) is 1.60. The van der Waals surface area contributed by atoms with Crippen molar-refractivity contribution in [2.24, 2.45) is 5.92 Å². The lowest BCUT2D eigenvalue weighted by Gasteiger charge is -2.23. The SMILES string of the molecule is CCOCCc1nnc(NC(=O)[C@@H]2CC(=O)N([C@H](C)COC)C2)s1. The zero-order valence-electron chi connectivity index (χ0n) is 14.3. The van der Waals surface area contributed by atoms with Crippen LogP contribution in [0.25, 0.3) is 0 Å². The van der Waals surface area contributed by atoms with Crippen molar-refractivity contribution in [2.75, 3.05) is 38.8 Å². The van der Waals surface area contributed by atoms with Crippen molar-refractivity contribution in [3.8, 4) is 0 Å². The molecule has 8 nitrogen and oxygen atoms in total. The Bertz CT molecular complexity index is 565. The number of aromatic nitrogens is 2. The van der Waals surface area contributed by atoms with Crippen LogP contribution >= 0.6 is 11.3 Å². The summed E-state index contributed by atoms with van der Waals surface area (Å²) in [4.78, 5) is 26.1. The van der Waals surface area contributed by atoms with Gasteiger partial charge in [-0.3, -0.25) is 9.59 Å². The van der Waals surface area contributed by atoms with Crippen molar-refractivity contribution < 1.29 is 19.1 Å². The normalized spacial score (nSPS) is 18.9. The van der Waals surface area contributed by atoms with Gasteiger partial charge in [-0.25, -0.2) is 0 Å². The molecule has 0 unspecified atom stereocenters. The highest BCUT2D eigenvalue weighted by molar-refractivity contribution is 7.15. The zero-order valence-corrected chi connectivity index (χ0v) is 15.1. The summed E-state index contributed by atoms with van der Waals surface area (Å²) in [5, 5.41) is 12.0. The molecular weight excluding hydrogens is 332 g/mol. The Labute approximate surface area is 145 Å². The van der Waals surface area contributed by atoms with Gasteiger partial charge < -0.3 is 19.7 Å². The summed E-state index contributed by atoms with van der Waals surface area (Å²) >= 11 is 1.33. The van der Waals surface area contributed by atoms with Gasteiger partial charge >= 0.3 is 0 Å². The number of methoxy groups -OCH3 is 1. The van der Waals surface area contributed by atoms with Gasteiger partial charge in [0.25, 0.3) is 0 Å². The number of nitrogens with zero attached hydrogens (tertiary/aromatic N) is 3. The summed E-state index contributed by atoms with van der Waals surface area (Å²) in [5.41, 5.74) is 0. The minimum Gasteiger partial charge on any atom is -0.383 e. The largest absolute Gasteiger partial charge is 0.383 e. The van der Waals surface area contributed by atoms with Crippen LogP contribution in [-0.2, 0) is 25.5 Å². The van der Waals surface area contributed by atoms with Crippen molar-refractivity contribution in [1.29, 1.82) is 0 Å². The van der Waals surface area contributed by atoms with Gasteiger partial charge in [-0.05, 0) is 13.8 Å². The molecule has 24 heavy (non-hydrogen) atoms. The van der Waals surface area contributed by atoms with Crippen LogP contribution in [0.5, 0.6) is 0 Å². The van der Waals surface area contributed by atoms with E-state index >= 15 is 0 Å². The predicted molar refractivity (Wildman–Crippen MR) is 89.9 cm³/mol. The third-order valence-corrected chi connectivity index (χ3v) is 4.73. The van der Waals surface area contributed by atoms with Crippen molar-refractivity contribution >= 4 is 28.3 Å². The molecule has 1 fully saturated rings. The Morgan fingerprint density at radius 2 is 2.29 bits per heavy atom. The fraction of sp³-hybridized carbons (Fsp3) is 0.733. The number of carbonyl (C=O) groups is 2. The van der Waals surface area contributed by atoms with Crippen molar-refractivity contribution in [1.82, 2.24) is 15.1 Å². The zero-order chi connectivity index (χ0) is 17.5. The molecule has 1 aromatic rings. The molecule has 0 radical (unpaired) electrons. The van der Waals surface area contributed by atoms with Gasteiger partial charge in [0.1, 0.15) is 5.01 Å². The van der Waals surface area contributed by atoms with E-state index < -0.39 is 0 Å². The number of anilines is 1. The molecule has 2 rings (SSSR count). The molecule has 134 valence electrons. The summed E-state index contributed by atoms with van der Waals surface area (Å²) in [6, 6.07) is -0.0352. The molecule has 2 atom stereocenters. The first-order valence-electron chi connectivity index (χ1n) is 8.04. The number of hydrogen-bond donors (Lipinski definition) is 1. The van der Waals surface area contributed by atoms with Gasteiger partial charge in [0, 0.05) is 33.1 Å². The lowest BCUT2D eigenvalue weighted by molar-refractivity contribution is -0.130. The molecule has 1 aliphatic heterocycles. The lowest BCUT2D eigenvalue weighted by atomic mass is 10.1. The Kier molecular flexibility index (Phi) is 7.07. The van der Waals surface area contributed by atoms with E-state index in [4.69, 9.17) is 9.47 Å². The summed E-state index contributed by atoms with van der Waals surface area (Å²) < 4.78 is 10.4. The first-order valence-corrected chi connectivity index (χ1v) is 8.86. The second-order valence-electron chi connectivity index (χ2n) is 5.69. The van der Waals surface area contributed by atoms with E-state index in [0.717, 1.165) is 5.01 Å². The molecule has 1 N–H and O–H groups in total. The van der Waals surface area contributed by atoms with E-state index in [9.17, 15) is 9.59 Å². The van der Waals surface area contributed by atoms with E-state index in [-0.39, 0.29) is 30.2 Å². The minimum absolute atomic E-state index is 0.0191. The quantitative estimate of drug-likeness (QED) is 0.662. The molecule has 2 heterocycles. The highest BCUT2D eigenvalue weighted by Gasteiger charge is 2.36. The van der Waals surface area contributed by atoms with Gasteiger partial charge in [-0.2, -0.15) is 0 Å². The Morgan fingerprint density at radius 1 is 1.50 bits per heavy atom. The number of carbonyl (C=O) groups excluding carboxylic acids is 2. The molecule has 1 aromatic heterocycles. The molecule has 1 aliphatic rings. The third kappa shape index (κ3) is 4.96. The lowest BCUT2D eigenvalue weighted by Crippen LogP contribution is -2.38. The maximum atomic E-state index is 12.3. The fourth-order valence-corrected chi connectivity index (χ4v) is 3.30. The van der Waals surface area contributed by atoms with E-state index in [1.165, 1.54) is 11.3 Å². The molecule has 0 aliphatic carbocycles. The van der Waals surface area contributed by atoms with Crippen molar-refractivity contribution in [3.05, 3.63) is 5.01 Å². The Balaban J connectivity index is 1.85. The number of nitrogens with one attached hydrogen (secondary N) is 1. The predicted octanol–water partition coefficient (Wildman–Crippen LogP) is 0.939.